The van der Waals surface area contributed by atoms with Crippen molar-refractivity contribution < 1.29 is 42.9 Å². The van der Waals surface area contributed by atoms with Gasteiger partial charge in [0.1, 0.15) is 13.2 Å². The lowest BCUT2D eigenvalue weighted by Gasteiger charge is -2.26. The molecule has 0 aromatic carbocycles. The normalized spacial score (nSPS) is 13.1. The highest BCUT2D eigenvalue weighted by atomic mass is 16.7. The van der Waals surface area contributed by atoms with Gasteiger partial charge in [0, 0.05) is 12.8 Å². The van der Waals surface area contributed by atoms with Crippen LogP contribution in [0, 0.1) is 0 Å². The predicted octanol–water partition coefficient (Wildman–Crippen LogP) is 24.6. The Morgan fingerprint density at radius 3 is 0.895 bits per heavy atom. The van der Waals surface area contributed by atoms with Crippen LogP contribution in [0.3, 0.4) is 0 Å². The van der Waals surface area contributed by atoms with Crippen molar-refractivity contribution in [2.45, 2.75) is 386 Å². The minimum absolute atomic E-state index is 0.147. The highest BCUT2D eigenvalue weighted by molar-refractivity contribution is 5.70. The molecular formula is C86H153NO8. The van der Waals surface area contributed by atoms with Crippen LogP contribution in [0.1, 0.15) is 373 Å². The zero-order valence-corrected chi connectivity index (χ0v) is 63.0. The second-order valence-electron chi connectivity index (χ2n) is 28.3. The maximum Gasteiger partial charge on any atom is 0.306 e. The SMILES string of the molecule is CC/C=C\C/C=C\C/C=C\C/C=C\C/C=C\CCCCCCCCCCCCCCCCCCCC(=O)OC(COC(=O)CCCCCCCCCCCCCCCCCCCCCCCC/C=C\C/C=C\C/C=C\CCCCCCC)COC(OCC[N+](C)(C)C)C(=O)[O-]. The van der Waals surface area contributed by atoms with Crippen molar-refractivity contribution in [3.05, 3.63) is 97.2 Å². The van der Waals surface area contributed by atoms with Crippen LogP contribution in [-0.4, -0.2) is 82.3 Å². The highest BCUT2D eigenvalue weighted by Gasteiger charge is 2.22. The molecule has 95 heavy (non-hydrogen) atoms. The number of carbonyl (C=O) groups excluding carboxylic acids is 3. The van der Waals surface area contributed by atoms with Gasteiger partial charge in [-0.3, -0.25) is 9.59 Å². The summed E-state index contributed by atoms with van der Waals surface area (Å²) in [5.41, 5.74) is 0. The lowest BCUT2D eigenvalue weighted by molar-refractivity contribution is -0.870. The van der Waals surface area contributed by atoms with E-state index in [0.29, 0.717) is 23.9 Å². The average molecular weight is 1330 g/mol. The Morgan fingerprint density at radius 2 is 0.600 bits per heavy atom. The molecule has 0 aromatic rings. The first-order valence-electron chi connectivity index (χ1n) is 40.4. The monoisotopic (exact) mass is 1330 g/mol. The van der Waals surface area contributed by atoms with E-state index in [1.165, 1.54) is 263 Å². The third kappa shape index (κ3) is 77.4. The maximum atomic E-state index is 13.0. The van der Waals surface area contributed by atoms with Gasteiger partial charge in [-0.05, 0) is 96.3 Å². The Labute approximate surface area is 588 Å². The van der Waals surface area contributed by atoms with Crippen LogP contribution in [-0.2, 0) is 33.3 Å². The molecule has 0 aliphatic rings. The highest BCUT2D eigenvalue weighted by Crippen LogP contribution is 2.19. The van der Waals surface area contributed by atoms with Crippen molar-refractivity contribution in [2.75, 3.05) is 47.5 Å². The Kier molecular flexibility index (Phi) is 72.9. The molecule has 9 heteroatoms. The molecule has 0 aromatic heterocycles. The molecular weight excluding hydrogens is 1170 g/mol. The van der Waals surface area contributed by atoms with Gasteiger partial charge in [0.05, 0.1) is 40.3 Å². The van der Waals surface area contributed by atoms with Gasteiger partial charge in [-0.15, -0.1) is 0 Å². The topological polar surface area (TPSA) is 111 Å². The lowest BCUT2D eigenvalue weighted by Crippen LogP contribution is -2.44. The van der Waals surface area contributed by atoms with Crippen molar-refractivity contribution in [1.82, 2.24) is 0 Å². The van der Waals surface area contributed by atoms with Gasteiger partial charge in [0.25, 0.3) is 0 Å². The first-order valence-corrected chi connectivity index (χ1v) is 40.4. The number of likely N-dealkylation sites (N-methyl/N-ethyl adjacent to an activating group) is 1. The molecule has 0 aliphatic carbocycles. The van der Waals surface area contributed by atoms with E-state index < -0.39 is 24.3 Å². The van der Waals surface area contributed by atoms with Gasteiger partial charge >= 0.3 is 11.9 Å². The standard InChI is InChI=1S/C86H153NO8/c1-6-8-10-12-14-16-18-20-22-24-26-28-30-32-34-36-38-40-41-42-43-45-46-48-50-52-54-56-58-60-62-64-66-68-70-72-74-76-83(88)93-80-82(81-94-86(85(90)91)92-79-78-87(3,4)5)95-84(89)77-75-73-71-69-67-65-63-61-59-57-55-53-51-49-47-44-39-37-35-33-31-29-27-25-23-21-19-17-15-13-11-9-7-2/h9,11,15,17-18,20-21,23-24,26-27,29-30,32-33,35,82,86H,6-8,10,12-14,16,19,22,25,28,31,34,36-81H2,1-5H3/b11-9-,17-15-,20-18-,23-21-,26-24-,29-27-,32-30-,35-33-. The molecule has 9 nitrogen and oxygen atoms in total. The third-order valence-corrected chi connectivity index (χ3v) is 17.8. The average Bonchev–Trinajstić information content (AvgIpc) is 3.75. The first-order chi connectivity index (χ1) is 46.6. The number of esters is 2. The van der Waals surface area contributed by atoms with Crippen LogP contribution in [0.4, 0.5) is 0 Å². The predicted molar refractivity (Wildman–Crippen MR) is 407 cm³/mol. The van der Waals surface area contributed by atoms with E-state index >= 15 is 0 Å². The van der Waals surface area contributed by atoms with E-state index in [4.69, 9.17) is 18.9 Å². The van der Waals surface area contributed by atoms with Crippen molar-refractivity contribution in [3.63, 3.8) is 0 Å². The van der Waals surface area contributed by atoms with Crippen LogP contribution in [0.2, 0.25) is 0 Å². The number of carboxylic acid groups (broad SMARTS) is 1. The summed E-state index contributed by atoms with van der Waals surface area (Å²) in [6.07, 6.45) is 102. The van der Waals surface area contributed by atoms with Gasteiger partial charge in [-0.1, -0.05) is 361 Å². The van der Waals surface area contributed by atoms with Gasteiger partial charge in [0.15, 0.2) is 12.4 Å². The molecule has 0 radical (unpaired) electrons. The van der Waals surface area contributed by atoms with Crippen molar-refractivity contribution in [1.29, 1.82) is 0 Å². The van der Waals surface area contributed by atoms with Gasteiger partial charge in [-0.2, -0.15) is 0 Å². The zero-order chi connectivity index (χ0) is 69.0. The van der Waals surface area contributed by atoms with Crippen LogP contribution < -0.4 is 5.11 Å². The van der Waals surface area contributed by atoms with E-state index in [-0.39, 0.29) is 32.2 Å². The Balaban J connectivity index is 3.99. The number of hydrogen-bond donors (Lipinski definition) is 0. The van der Waals surface area contributed by atoms with Crippen molar-refractivity contribution >= 4 is 17.9 Å². The van der Waals surface area contributed by atoms with E-state index in [1.807, 2.05) is 21.1 Å². The second kappa shape index (κ2) is 76.0. The number of allylic oxidation sites excluding steroid dienone is 16. The summed E-state index contributed by atoms with van der Waals surface area (Å²) in [5, 5.41) is 11.9. The molecule has 0 bridgehead atoms. The van der Waals surface area contributed by atoms with Crippen molar-refractivity contribution in [2.24, 2.45) is 0 Å². The van der Waals surface area contributed by atoms with Gasteiger partial charge < -0.3 is 33.3 Å². The van der Waals surface area contributed by atoms with Gasteiger partial charge in [0.2, 0.25) is 0 Å². The van der Waals surface area contributed by atoms with Crippen molar-refractivity contribution in [3.8, 4) is 0 Å². The molecule has 0 heterocycles. The first kappa shape index (κ1) is 91.2. The minimum Gasteiger partial charge on any atom is -0.545 e. The molecule has 0 amide bonds. The number of rotatable bonds is 75. The number of carboxylic acids is 1. The summed E-state index contributed by atoms with van der Waals surface area (Å²) in [6.45, 7) is 4.67. The van der Waals surface area contributed by atoms with Crippen LogP contribution in [0.5, 0.6) is 0 Å². The summed E-state index contributed by atoms with van der Waals surface area (Å²) < 4.78 is 22.9. The molecule has 2 atom stereocenters. The summed E-state index contributed by atoms with van der Waals surface area (Å²) in [5.74, 6) is -2.26. The number of hydrogen-bond acceptors (Lipinski definition) is 8. The van der Waals surface area contributed by atoms with Gasteiger partial charge in [-0.25, -0.2) is 0 Å². The minimum atomic E-state index is -1.62. The Morgan fingerprint density at radius 1 is 0.326 bits per heavy atom. The molecule has 0 rings (SSSR count). The fraction of sp³-hybridized carbons (Fsp3) is 0.779. The molecule has 550 valence electrons. The number of carbonyl (C=O) groups is 3. The number of unbranched alkanes of at least 4 members (excludes halogenated alkanes) is 44. The Bertz CT molecular complexity index is 1890. The van der Waals surface area contributed by atoms with Crippen LogP contribution in [0.15, 0.2) is 97.2 Å². The largest absolute Gasteiger partial charge is 0.545 e. The number of ether oxygens (including phenoxy) is 4. The number of aliphatic carboxylic acids is 1. The van der Waals surface area contributed by atoms with E-state index in [9.17, 15) is 19.5 Å². The maximum absolute atomic E-state index is 13.0. The van der Waals surface area contributed by atoms with E-state index in [0.717, 1.165) is 77.0 Å². The molecule has 0 saturated carbocycles. The van der Waals surface area contributed by atoms with E-state index in [1.54, 1.807) is 0 Å². The Hall–Kier alpha value is -3.79. The summed E-state index contributed by atoms with van der Waals surface area (Å²) in [4.78, 5) is 37.6. The molecule has 0 spiro atoms. The quantitative estimate of drug-likeness (QED) is 0.0195. The smallest absolute Gasteiger partial charge is 0.306 e. The number of nitrogens with zero attached hydrogens (tertiary/aromatic N) is 1. The second-order valence-corrected chi connectivity index (χ2v) is 28.3. The molecule has 2 unspecified atom stereocenters. The fourth-order valence-electron chi connectivity index (χ4n) is 11.7. The van der Waals surface area contributed by atoms with Crippen LogP contribution in [0.25, 0.3) is 0 Å². The lowest BCUT2D eigenvalue weighted by atomic mass is 10.0. The molecule has 0 N–H and O–H groups in total. The number of quaternary nitrogens is 1. The molecule has 0 aliphatic heterocycles. The fourth-order valence-corrected chi connectivity index (χ4v) is 11.7. The zero-order valence-electron chi connectivity index (χ0n) is 63.0. The summed E-state index contributed by atoms with van der Waals surface area (Å²) >= 11 is 0. The third-order valence-electron chi connectivity index (χ3n) is 17.8. The summed E-state index contributed by atoms with van der Waals surface area (Å²) in [7, 11) is 5.94. The van der Waals surface area contributed by atoms with Crippen LogP contribution >= 0.6 is 0 Å². The molecule has 0 saturated heterocycles. The molecule has 0 fully saturated rings. The van der Waals surface area contributed by atoms with E-state index in [2.05, 4.69) is 111 Å². The summed E-state index contributed by atoms with van der Waals surface area (Å²) in [6, 6.07) is 0.